The molecule has 0 radical (unpaired) electrons. The maximum Gasteiger partial charge on any atom is 0.270 e. The molecule has 1 aromatic carbocycles. The van der Waals surface area contributed by atoms with Crippen molar-refractivity contribution in [3.05, 3.63) is 83.9 Å². The van der Waals surface area contributed by atoms with Gasteiger partial charge >= 0.3 is 0 Å². The van der Waals surface area contributed by atoms with E-state index in [1.165, 1.54) is 18.3 Å². The van der Waals surface area contributed by atoms with Gasteiger partial charge in [-0.3, -0.25) is 9.78 Å². The van der Waals surface area contributed by atoms with Gasteiger partial charge in [-0.25, -0.2) is 13.8 Å². The first-order valence-corrected chi connectivity index (χ1v) is 7.47. The summed E-state index contributed by atoms with van der Waals surface area (Å²) in [7, 11) is 0. The second-order valence-electron chi connectivity index (χ2n) is 5.23. The van der Waals surface area contributed by atoms with Crippen LogP contribution in [0.25, 0.3) is 0 Å². The van der Waals surface area contributed by atoms with E-state index in [1.54, 1.807) is 24.5 Å². The largest absolute Gasteiger partial charge is 0.352 e. The summed E-state index contributed by atoms with van der Waals surface area (Å²) in [6.45, 7) is 0.342. The number of carbonyl (C=O) groups excluding carboxylic acids is 1. The van der Waals surface area contributed by atoms with E-state index in [1.807, 2.05) is 6.07 Å². The molecule has 0 spiro atoms. The van der Waals surface area contributed by atoms with Gasteiger partial charge in [-0.2, -0.15) is 0 Å². The van der Waals surface area contributed by atoms with Crippen molar-refractivity contribution in [1.82, 2.24) is 15.3 Å². The second kappa shape index (κ2) is 7.48. The van der Waals surface area contributed by atoms with Crippen LogP contribution in [0.15, 0.2) is 61.1 Å². The first-order valence-electron chi connectivity index (χ1n) is 7.47. The van der Waals surface area contributed by atoms with Crippen molar-refractivity contribution in [3.63, 3.8) is 0 Å². The van der Waals surface area contributed by atoms with E-state index >= 15 is 0 Å². The molecule has 0 unspecified atom stereocenters. The Morgan fingerprint density at radius 2 is 1.96 bits per heavy atom. The van der Waals surface area contributed by atoms with Crippen LogP contribution in [0.2, 0.25) is 0 Å². The van der Waals surface area contributed by atoms with Crippen LogP contribution in [0, 0.1) is 11.6 Å². The molecule has 126 valence electrons. The summed E-state index contributed by atoms with van der Waals surface area (Å²) in [4.78, 5) is 20.1. The van der Waals surface area contributed by atoms with Gasteiger partial charge in [0.2, 0.25) is 0 Å². The fourth-order valence-electron chi connectivity index (χ4n) is 2.12. The van der Waals surface area contributed by atoms with E-state index < -0.39 is 11.6 Å². The standard InChI is InChI=1S/C18H14F2N4O/c19-13-3-5-16(15(20)8-13)24-14-4-6-17(22-11-14)18(25)23-10-12-2-1-7-21-9-12/h1-9,11,24H,10H2,(H,23,25). The van der Waals surface area contributed by atoms with Gasteiger partial charge < -0.3 is 10.6 Å². The number of nitrogens with zero attached hydrogens (tertiary/aromatic N) is 2. The molecule has 7 heteroatoms. The molecule has 5 nitrogen and oxygen atoms in total. The minimum Gasteiger partial charge on any atom is -0.352 e. The van der Waals surface area contributed by atoms with E-state index in [0.717, 1.165) is 17.7 Å². The van der Waals surface area contributed by atoms with Crippen molar-refractivity contribution in [1.29, 1.82) is 0 Å². The lowest BCUT2D eigenvalue weighted by atomic mass is 10.2. The monoisotopic (exact) mass is 340 g/mol. The number of anilines is 2. The minimum atomic E-state index is -0.710. The smallest absolute Gasteiger partial charge is 0.270 e. The fourth-order valence-corrected chi connectivity index (χ4v) is 2.12. The van der Waals surface area contributed by atoms with Gasteiger partial charge in [0.05, 0.1) is 17.6 Å². The lowest BCUT2D eigenvalue weighted by Gasteiger charge is -2.08. The Hall–Kier alpha value is -3.35. The van der Waals surface area contributed by atoms with Crippen molar-refractivity contribution < 1.29 is 13.6 Å². The van der Waals surface area contributed by atoms with Gasteiger partial charge in [0, 0.05) is 25.0 Å². The number of amides is 1. The van der Waals surface area contributed by atoms with Crippen LogP contribution in [0.4, 0.5) is 20.2 Å². The second-order valence-corrected chi connectivity index (χ2v) is 5.23. The Labute approximate surface area is 142 Å². The first kappa shape index (κ1) is 16.5. The molecule has 25 heavy (non-hydrogen) atoms. The molecule has 3 rings (SSSR count). The van der Waals surface area contributed by atoms with Crippen LogP contribution in [0.3, 0.4) is 0 Å². The lowest BCUT2D eigenvalue weighted by molar-refractivity contribution is 0.0946. The summed E-state index contributed by atoms with van der Waals surface area (Å²) in [5.41, 5.74) is 1.71. The average molecular weight is 340 g/mol. The van der Waals surface area contributed by atoms with E-state index in [4.69, 9.17) is 0 Å². The van der Waals surface area contributed by atoms with Crippen LogP contribution >= 0.6 is 0 Å². The Kier molecular flexibility index (Phi) is 4.94. The van der Waals surface area contributed by atoms with Crippen molar-refractivity contribution in [3.8, 4) is 0 Å². The number of benzene rings is 1. The van der Waals surface area contributed by atoms with Gasteiger partial charge in [0.1, 0.15) is 17.3 Å². The molecule has 2 aromatic heterocycles. The molecule has 0 fully saturated rings. The SMILES string of the molecule is O=C(NCc1cccnc1)c1ccc(Nc2ccc(F)cc2F)cn1. The average Bonchev–Trinajstić information content (AvgIpc) is 2.63. The molecule has 0 aliphatic heterocycles. The Bertz CT molecular complexity index is 870. The number of carbonyl (C=O) groups is 1. The van der Waals surface area contributed by atoms with Crippen LogP contribution in [0.1, 0.15) is 16.1 Å². The van der Waals surface area contributed by atoms with E-state index in [2.05, 4.69) is 20.6 Å². The molecule has 0 saturated carbocycles. The highest BCUT2D eigenvalue weighted by molar-refractivity contribution is 5.92. The van der Waals surface area contributed by atoms with E-state index in [-0.39, 0.29) is 17.3 Å². The molecule has 2 heterocycles. The minimum absolute atomic E-state index is 0.122. The van der Waals surface area contributed by atoms with Gasteiger partial charge in [0.15, 0.2) is 0 Å². The number of hydrogen-bond donors (Lipinski definition) is 2. The van der Waals surface area contributed by atoms with Crippen LogP contribution < -0.4 is 10.6 Å². The summed E-state index contributed by atoms with van der Waals surface area (Å²) < 4.78 is 26.5. The number of hydrogen-bond acceptors (Lipinski definition) is 4. The Balaban J connectivity index is 1.62. The fraction of sp³-hybridized carbons (Fsp3) is 0.0556. The third-order valence-corrected chi connectivity index (χ3v) is 3.38. The number of aromatic nitrogens is 2. The molecule has 1 amide bonds. The predicted octanol–water partition coefficient (Wildman–Crippen LogP) is 3.43. The van der Waals surface area contributed by atoms with Crippen LogP contribution in [0.5, 0.6) is 0 Å². The van der Waals surface area contributed by atoms with Gasteiger partial charge in [-0.1, -0.05) is 6.07 Å². The predicted molar refractivity (Wildman–Crippen MR) is 89.3 cm³/mol. The topological polar surface area (TPSA) is 66.9 Å². The normalized spacial score (nSPS) is 10.3. The molecule has 2 N–H and O–H groups in total. The van der Waals surface area contributed by atoms with Gasteiger partial charge in [-0.15, -0.1) is 0 Å². The maximum absolute atomic E-state index is 13.6. The van der Waals surface area contributed by atoms with Gasteiger partial charge in [-0.05, 0) is 35.9 Å². The summed E-state index contributed by atoms with van der Waals surface area (Å²) in [5.74, 6) is -1.69. The zero-order chi connectivity index (χ0) is 17.6. The van der Waals surface area contributed by atoms with Crippen molar-refractivity contribution in [2.24, 2.45) is 0 Å². The lowest BCUT2D eigenvalue weighted by Crippen LogP contribution is -2.23. The highest BCUT2D eigenvalue weighted by Crippen LogP contribution is 2.20. The van der Waals surface area contributed by atoms with Crippen LogP contribution in [-0.4, -0.2) is 15.9 Å². The highest BCUT2D eigenvalue weighted by Gasteiger charge is 2.08. The van der Waals surface area contributed by atoms with Crippen molar-refractivity contribution >= 4 is 17.3 Å². The third kappa shape index (κ3) is 4.35. The third-order valence-electron chi connectivity index (χ3n) is 3.38. The van der Waals surface area contributed by atoms with Gasteiger partial charge in [0.25, 0.3) is 5.91 Å². The zero-order valence-electron chi connectivity index (χ0n) is 13.0. The summed E-state index contributed by atoms with van der Waals surface area (Å²) >= 11 is 0. The molecule has 3 aromatic rings. The Morgan fingerprint density at radius 1 is 1.08 bits per heavy atom. The Morgan fingerprint density at radius 3 is 2.64 bits per heavy atom. The maximum atomic E-state index is 13.6. The zero-order valence-corrected chi connectivity index (χ0v) is 13.0. The quantitative estimate of drug-likeness (QED) is 0.747. The number of nitrogens with one attached hydrogen (secondary N) is 2. The molecule has 0 atom stereocenters. The van der Waals surface area contributed by atoms with E-state index in [9.17, 15) is 13.6 Å². The van der Waals surface area contributed by atoms with E-state index in [0.29, 0.717) is 12.2 Å². The molecular formula is C18H14F2N4O. The number of rotatable bonds is 5. The summed E-state index contributed by atoms with van der Waals surface area (Å²) in [5, 5.41) is 5.52. The highest BCUT2D eigenvalue weighted by atomic mass is 19.1. The summed E-state index contributed by atoms with van der Waals surface area (Å²) in [6, 6.07) is 9.98. The molecular weight excluding hydrogens is 326 g/mol. The molecule has 0 bridgehead atoms. The van der Waals surface area contributed by atoms with Crippen molar-refractivity contribution in [2.45, 2.75) is 6.54 Å². The number of pyridine rings is 2. The van der Waals surface area contributed by atoms with Crippen LogP contribution in [-0.2, 0) is 6.54 Å². The molecule has 0 saturated heterocycles. The molecule has 0 aliphatic rings. The number of halogens is 2. The molecule has 0 aliphatic carbocycles. The first-order chi connectivity index (χ1) is 12.1. The summed E-state index contributed by atoms with van der Waals surface area (Å²) in [6.07, 6.45) is 4.72. The van der Waals surface area contributed by atoms with Crippen molar-refractivity contribution in [2.75, 3.05) is 5.32 Å².